The second-order valence-electron chi connectivity index (χ2n) is 4.77. The lowest BCUT2D eigenvalue weighted by molar-refractivity contribution is -0.140. The highest BCUT2D eigenvalue weighted by molar-refractivity contribution is 7.98. The number of aliphatic imine (C=N–C) groups is 1. The number of benzene rings is 1. The number of carbonyl (C=O) groups is 1. The Morgan fingerprint density at radius 2 is 2.05 bits per heavy atom. The lowest BCUT2D eigenvalue weighted by Crippen LogP contribution is -2.38. The monoisotopic (exact) mass is 323 g/mol. The Kier molecular flexibility index (Phi) is 8.43. The standard InChI is InChI=1S/C16H25N3O2S/c1-5-17-16(18-11-10-15(20)21-3)19(2)12-13-6-8-14(22-4)9-7-13/h6-9H,5,10-12H2,1-4H3,(H,17,18). The van der Waals surface area contributed by atoms with Crippen LogP contribution in [0.4, 0.5) is 0 Å². The first-order valence-corrected chi connectivity index (χ1v) is 8.52. The van der Waals surface area contributed by atoms with Crippen LogP contribution in [0.25, 0.3) is 0 Å². The highest BCUT2D eigenvalue weighted by Crippen LogP contribution is 2.15. The van der Waals surface area contributed by atoms with Crippen molar-refractivity contribution in [2.45, 2.75) is 24.8 Å². The molecular formula is C16H25N3O2S. The SMILES string of the molecule is CCNC(=NCCC(=O)OC)N(C)Cc1ccc(SC)cc1. The highest BCUT2D eigenvalue weighted by Gasteiger charge is 2.07. The predicted octanol–water partition coefficient (Wildman–Crippen LogP) is 2.37. The first kappa shape index (κ1) is 18.4. The van der Waals surface area contributed by atoms with Gasteiger partial charge in [-0.3, -0.25) is 9.79 Å². The zero-order valence-corrected chi connectivity index (χ0v) is 14.6. The molecule has 0 amide bonds. The molecule has 0 aliphatic rings. The third kappa shape index (κ3) is 6.39. The van der Waals surface area contributed by atoms with Crippen LogP contribution in [-0.4, -0.2) is 50.3 Å². The molecule has 0 unspecified atom stereocenters. The minimum absolute atomic E-state index is 0.241. The quantitative estimate of drug-likeness (QED) is 0.361. The molecule has 0 aliphatic carbocycles. The van der Waals surface area contributed by atoms with E-state index in [1.807, 2.05) is 14.0 Å². The number of carbonyl (C=O) groups excluding carboxylic acids is 1. The fourth-order valence-corrected chi connectivity index (χ4v) is 2.31. The van der Waals surface area contributed by atoms with Crippen LogP contribution in [0.15, 0.2) is 34.2 Å². The van der Waals surface area contributed by atoms with Crippen molar-refractivity contribution in [1.29, 1.82) is 0 Å². The Morgan fingerprint density at radius 3 is 2.59 bits per heavy atom. The number of hydrogen-bond donors (Lipinski definition) is 1. The fraction of sp³-hybridized carbons (Fsp3) is 0.500. The third-order valence-electron chi connectivity index (χ3n) is 3.08. The molecule has 0 heterocycles. The van der Waals surface area contributed by atoms with Crippen molar-refractivity contribution >= 4 is 23.7 Å². The summed E-state index contributed by atoms with van der Waals surface area (Å²) >= 11 is 1.73. The molecule has 0 radical (unpaired) electrons. The molecule has 22 heavy (non-hydrogen) atoms. The van der Waals surface area contributed by atoms with Gasteiger partial charge in [0.1, 0.15) is 0 Å². The molecule has 122 valence electrons. The van der Waals surface area contributed by atoms with Gasteiger partial charge in [0.2, 0.25) is 0 Å². The summed E-state index contributed by atoms with van der Waals surface area (Å²) in [6, 6.07) is 8.49. The van der Waals surface area contributed by atoms with Crippen molar-refractivity contribution in [2.75, 3.05) is 33.5 Å². The van der Waals surface area contributed by atoms with E-state index in [1.54, 1.807) is 11.8 Å². The van der Waals surface area contributed by atoms with E-state index in [-0.39, 0.29) is 5.97 Å². The second-order valence-corrected chi connectivity index (χ2v) is 5.65. The van der Waals surface area contributed by atoms with Crippen molar-refractivity contribution in [3.05, 3.63) is 29.8 Å². The number of ether oxygens (including phenoxy) is 1. The van der Waals surface area contributed by atoms with E-state index in [9.17, 15) is 4.79 Å². The van der Waals surface area contributed by atoms with Gasteiger partial charge in [-0.1, -0.05) is 12.1 Å². The molecule has 1 aromatic rings. The Labute approximate surface area is 137 Å². The number of methoxy groups -OCH3 is 1. The van der Waals surface area contributed by atoms with Gasteiger partial charge in [0.15, 0.2) is 5.96 Å². The van der Waals surface area contributed by atoms with Gasteiger partial charge in [-0.05, 0) is 30.9 Å². The number of rotatable bonds is 7. The first-order chi connectivity index (χ1) is 10.6. The Bertz CT molecular complexity index is 489. The van der Waals surface area contributed by atoms with Crippen molar-refractivity contribution in [3.8, 4) is 0 Å². The van der Waals surface area contributed by atoms with Gasteiger partial charge >= 0.3 is 5.97 Å². The zero-order valence-electron chi connectivity index (χ0n) is 13.8. The van der Waals surface area contributed by atoms with Crippen LogP contribution < -0.4 is 5.32 Å². The van der Waals surface area contributed by atoms with E-state index in [1.165, 1.54) is 17.6 Å². The summed E-state index contributed by atoms with van der Waals surface area (Å²) < 4.78 is 4.63. The summed E-state index contributed by atoms with van der Waals surface area (Å²) in [7, 11) is 3.38. The van der Waals surface area contributed by atoms with Gasteiger partial charge in [0.25, 0.3) is 0 Å². The van der Waals surface area contributed by atoms with Crippen LogP contribution in [0.5, 0.6) is 0 Å². The Morgan fingerprint density at radius 1 is 1.36 bits per heavy atom. The van der Waals surface area contributed by atoms with Gasteiger partial charge < -0.3 is 15.0 Å². The van der Waals surface area contributed by atoms with Crippen LogP contribution in [0.1, 0.15) is 18.9 Å². The average molecular weight is 323 g/mol. The molecule has 1 aromatic carbocycles. The topological polar surface area (TPSA) is 53.9 Å². The van der Waals surface area contributed by atoms with Gasteiger partial charge in [-0.25, -0.2) is 0 Å². The summed E-state index contributed by atoms with van der Waals surface area (Å²) in [5.74, 6) is 0.551. The van der Waals surface area contributed by atoms with E-state index in [0.29, 0.717) is 13.0 Å². The van der Waals surface area contributed by atoms with Crippen molar-refractivity contribution in [1.82, 2.24) is 10.2 Å². The second kappa shape index (κ2) is 10.1. The molecule has 1 N–H and O–H groups in total. The van der Waals surface area contributed by atoms with Crippen molar-refractivity contribution in [2.24, 2.45) is 4.99 Å². The predicted molar refractivity (Wildman–Crippen MR) is 92.3 cm³/mol. The lowest BCUT2D eigenvalue weighted by atomic mass is 10.2. The molecule has 1 rings (SSSR count). The maximum atomic E-state index is 11.1. The van der Waals surface area contributed by atoms with Gasteiger partial charge in [-0.15, -0.1) is 11.8 Å². The number of esters is 1. The summed E-state index contributed by atoms with van der Waals surface area (Å²) in [5, 5.41) is 3.24. The molecule has 0 aliphatic heterocycles. The van der Waals surface area contributed by atoms with E-state index >= 15 is 0 Å². The fourth-order valence-electron chi connectivity index (χ4n) is 1.90. The van der Waals surface area contributed by atoms with E-state index in [2.05, 4.69) is 50.5 Å². The number of hydrogen-bond acceptors (Lipinski definition) is 4. The normalized spacial score (nSPS) is 11.2. The maximum Gasteiger partial charge on any atom is 0.307 e. The van der Waals surface area contributed by atoms with E-state index in [0.717, 1.165) is 19.0 Å². The third-order valence-corrected chi connectivity index (χ3v) is 3.82. The molecule has 0 atom stereocenters. The maximum absolute atomic E-state index is 11.1. The Balaban J connectivity index is 2.64. The minimum atomic E-state index is -0.241. The molecule has 0 bridgehead atoms. The smallest absolute Gasteiger partial charge is 0.307 e. The summed E-state index contributed by atoms with van der Waals surface area (Å²) in [6.07, 6.45) is 2.36. The molecule has 0 spiro atoms. The summed E-state index contributed by atoms with van der Waals surface area (Å²) in [5.41, 5.74) is 1.22. The number of nitrogens with zero attached hydrogens (tertiary/aromatic N) is 2. The molecule has 0 saturated heterocycles. The zero-order chi connectivity index (χ0) is 16.4. The molecule has 5 nitrogen and oxygen atoms in total. The number of guanidine groups is 1. The van der Waals surface area contributed by atoms with Gasteiger partial charge in [0.05, 0.1) is 20.1 Å². The van der Waals surface area contributed by atoms with Crippen LogP contribution in [0.3, 0.4) is 0 Å². The van der Waals surface area contributed by atoms with Gasteiger partial charge in [-0.2, -0.15) is 0 Å². The number of nitrogens with one attached hydrogen (secondary N) is 1. The van der Waals surface area contributed by atoms with Gasteiger partial charge in [0, 0.05) is 25.0 Å². The average Bonchev–Trinajstić information content (AvgIpc) is 2.54. The largest absolute Gasteiger partial charge is 0.469 e. The molecule has 0 fully saturated rings. The minimum Gasteiger partial charge on any atom is -0.469 e. The molecule has 0 saturated carbocycles. The molecule has 0 aromatic heterocycles. The number of thioether (sulfide) groups is 1. The molecule has 6 heteroatoms. The van der Waals surface area contributed by atoms with Crippen molar-refractivity contribution < 1.29 is 9.53 Å². The van der Waals surface area contributed by atoms with Crippen molar-refractivity contribution in [3.63, 3.8) is 0 Å². The van der Waals surface area contributed by atoms with E-state index in [4.69, 9.17) is 0 Å². The highest BCUT2D eigenvalue weighted by atomic mass is 32.2. The lowest BCUT2D eigenvalue weighted by Gasteiger charge is -2.22. The van der Waals surface area contributed by atoms with E-state index < -0.39 is 0 Å². The summed E-state index contributed by atoms with van der Waals surface area (Å²) in [4.78, 5) is 18.9. The molecular weight excluding hydrogens is 298 g/mol. The summed E-state index contributed by atoms with van der Waals surface area (Å²) in [6.45, 7) is 3.99. The first-order valence-electron chi connectivity index (χ1n) is 7.29. The van der Waals surface area contributed by atoms with Crippen LogP contribution in [-0.2, 0) is 16.1 Å². The van der Waals surface area contributed by atoms with Crippen LogP contribution in [0, 0.1) is 0 Å². The van der Waals surface area contributed by atoms with Crippen LogP contribution in [0.2, 0.25) is 0 Å². The van der Waals surface area contributed by atoms with Crippen LogP contribution >= 0.6 is 11.8 Å². The Hall–Kier alpha value is -1.69.